The number of carboxylic acid groups (broad SMARTS) is 2. The highest BCUT2D eigenvalue weighted by molar-refractivity contribution is 5.94. The topological polar surface area (TPSA) is 273 Å². The number of hydrogen-bond acceptors (Lipinski definition) is 8. The highest BCUT2D eigenvalue weighted by atomic mass is 16.4. The molecule has 0 fully saturated rings. The summed E-state index contributed by atoms with van der Waals surface area (Å²) in [6.45, 7) is -1.45. The van der Waals surface area contributed by atoms with Crippen molar-refractivity contribution in [3.05, 3.63) is 0 Å². The van der Waals surface area contributed by atoms with E-state index in [4.69, 9.17) is 27.4 Å². The molecular weight excluding hydrogens is 406 g/mol. The molecule has 0 aromatic rings. The lowest BCUT2D eigenvalue weighted by Crippen LogP contribution is -2.57. The van der Waals surface area contributed by atoms with Crippen molar-refractivity contribution >= 4 is 35.6 Å². The van der Waals surface area contributed by atoms with Crippen molar-refractivity contribution in [2.75, 3.05) is 19.7 Å². The molecule has 170 valence electrons. The number of nitrogens with one attached hydrogen (secondary N) is 3. The predicted molar refractivity (Wildman–Crippen MR) is 102 cm³/mol. The van der Waals surface area contributed by atoms with Gasteiger partial charge in [0.25, 0.3) is 0 Å². The molecule has 0 bridgehead atoms. The molecule has 0 rings (SSSR count). The maximum atomic E-state index is 12.5. The molecule has 0 aromatic heterocycles. The first-order valence-electron chi connectivity index (χ1n) is 8.71. The number of aliphatic imine (C=N–C) groups is 1. The van der Waals surface area contributed by atoms with Crippen LogP contribution in [0.2, 0.25) is 0 Å². The van der Waals surface area contributed by atoms with E-state index in [1.165, 1.54) is 0 Å². The van der Waals surface area contributed by atoms with Crippen LogP contribution in [0.25, 0.3) is 0 Å². The van der Waals surface area contributed by atoms with Gasteiger partial charge >= 0.3 is 11.9 Å². The number of carboxylic acids is 2. The third kappa shape index (κ3) is 11.4. The van der Waals surface area contributed by atoms with Crippen LogP contribution < -0.4 is 33.2 Å². The van der Waals surface area contributed by atoms with Gasteiger partial charge in [-0.1, -0.05) is 0 Å². The van der Waals surface area contributed by atoms with Gasteiger partial charge in [-0.3, -0.25) is 29.0 Å². The Morgan fingerprint density at radius 1 is 0.900 bits per heavy atom. The van der Waals surface area contributed by atoms with Crippen LogP contribution in [0.1, 0.15) is 19.3 Å². The summed E-state index contributed by atoms with van der Waals surface area (Å²) in [5.41, 5.74) is 15.9. The summed E-state index contributed by atoms with van der Waals surface area (Å²) in [6.07, 6.45) is -0.465. The number of nitrogens with zero attached hydrogens (tertiary/aromatic N) is 1. The molecule has 0 saturated carbocycles. The Balaban J connectivity index is 5.15. The van der Waals surface area contributed by atoms with Gasteiger partial charge in [-0.15, -0.1) is 0 Å². The van der Waals surface area contributed by atoms with E-state index in [1.54, 1.807) is 0 Å². The quantitative estimate of drug-likeness (QED) is 0.0710. The van der Waals surface area contributed by atoms with Gasteiger partial charge in [0.1, 0.15) is 18.6 Å². The van der Waals surface area contributed by atoms with Crippen LogP contribution in [0.3, 0.4) is 0 Å². The average molecular weight is 433 g/mol. The summed E-state index contributed by atoms with van der Waals surface area (Å²) in [7, 11) is 0. The van der Waals surface area contributed by atoms with E-state index in [0.717, 1.165) is 0 Å². The Hall–Kier alpha value is -3.46. The van der Waals surface area contributed by atoms with Gasteiger partial charge in [0, 0.05) is 6.54 Å². The molecule has 3 amide bonds. The first-order valence-corrected chi connectivity index (χ1v) is 8.71. The van der Waals surface area contributed by atoms with Gasteiger partial charge in [0.2, 0.25) is 17.7 Å². The number of nitrogens with two attached hydrogens (primary N) is 3. The fourth-order valence-corrected chi connectivity index (χ4v) is 2.08. The van der Waals surface area contributed by atoms with Gasteiger partial charge in [0.15, 0.2) is 5.96 Å². The Kier molecular flexibility index (Phi) is 12.1. The number of carbonyl (C=O) groups is 5. The molecule has 15 heteroatoms. The van der Waals surface area contributed by atoms with Crippen molar-refractivity contribution < 1.29 is 39.3 Å². The minimum Gasteiger partial charge on any atom is -0.481 e. The number of guanidine groups is 1. The molecule has 0 spiro atoms. The zero-order chi connectivity index (χ0) is 23.3. The van der Waals surface area contributed by atoms with Crippen molar-refractivity contribution in [1.82, 2.24) is 16.0 Å². The lowest BCUT2D eigenvalue weighted by atomic mass is 10.1. The van der Waals surface area contributed by atoms with Crippen molar-refractivity contribution in [2.45, 2.75) is 37.4 Å². The second kappa shape index (κ2) is 13.7. The number of hydrogen-bond donors (Lipinski definition) is 9. The van der Waals surface area contributed by atoms with Gasteiger partial charge in [-0.05, 0) is 12.8 Å². The Morgan fingerprint density at radius 3 is 2.00 bits per heavy atom. The van der Waals surface area contributed by atoms with Crippen molar-refractivity contribution in [1.29, 1.82) is 0 Å². The molecule has 0 radical (unpaired) electrons. The van der Waals surface area contributed by atoms with E-state index in [1.807, 2.05) is 5.32 Å². The Bertz CT molecular complexity index is 665. The van der Waals surface area contributed by atoms with Crippen LogP contribution in [-0.4, -0.2) is 88.8 Å². The molecule has 3 unspecified atom stereocenters. The summed E-state index contributed by atoms with van der Waals surface area (Å²) < 4.78 is 0. The second-order valence-electron chi connectivity index (χ2n) is 6.07. The van der Waals surface area contributed by atoms with E-state index >= 15 is 0 Å². The summed E-state index contributed by atoms with van der Waals surface area (Å²) in [5.74, 6) is -5.60. The average Bonchev–Trinajstić information content (AvgIpc) is 2.65. The summed E-state index contributed by atoms with van der Waals surface area (Å²) in [5, 5.41) is 33.0. The Morgan fingerprint density at radius 2 is 1.50 bits per heavy atom. The van der Waals surface area contributed by atoms with Crippen LogP contribution in [0.15, 0.2) is 4.99 Å². The summed E-state index contributed by atoms with van der Waals surface area (Å²) in [4.78, 5) is 61.3. The monoisotopic (exact) mass is 433 g/mol. The second-order valence-corrected chi connectivity index (χ2v) is 6.07. The zero-order valence-corrected chi connectivity index (χ0v) is 16.0. The molecule has 0 aromatic carbocycles. The number of aliphatic hydroxyl groups excluding tert-OH is 1. The SMILES string of the molecule is NC(N)=NCCCC(NC(=O)C(N)CC(=O)O)C(=O)NC(CO)C(=O)NCC(=O)O. The first-order chi connectivity index (χ1) is 14.0. The molecular formula is C15H27N7O8. The van der Waals surface area contributed by atoms with Crippen molar-refractivity contribution in [3.8, 4) is 0 Å². The highest BCUT2D eigenvalue weighted by Gasteiger charge is 2.28. The molecule has 3 atom stereocenters. The van der Waals surface area contributed by atoms with E-state index in [9.17, 15) is 29.1 Å². The van der Waals surface area contributed by atoms with Crippen LogP contribution in [0.5, 0.6) is 0 Å². The fraction of sp³-hybridized carbons (Fsp3) is 0.600. The van der Waals surface area contributed by atoms with E-state index in [-0.39, 0.29) is 25.3 Å². The van der Waals surface area contributed by atoms with Crippen LogP contribution >= 0.6 is 0 Å². The standard InChI is InChI=1S/C15H27N7O8/c16-7(4-10(24)25)12(28)21-8(2-1-3-19-15(17)18)14(30)22-9(6-23)13(29)20-5-11(26)27/h7-9,23H,1-6,16H2,(H,20,29)(H,21,28)(H,22,30)(H,24,25)(H,26,27)(H4,17,18,19). The predicted octanol–water partition coefficient (Wildman–Crippen LogP) is -5.00. The van der Waals surface area contributed by atoms with Crippen LogP contribution in [0, 0.1) is 0 Å². The smallest absolute Gasteiger partial charge is 0.322 e. The van der Waals surface area contributed by atoms with Crippen LogP contribution in [-0.2, 0) is 24.0 Å². The number of rotatable bonds is 14. The third-order valence-corrected chi connectivity index (χ3v) is 3.54. The van der Waals surface area contributed by atoms with Crippen molar-refractivity contribution in [3.63, 3.8) is 0 Å². The van der Waals surface area contributed by atoms with Gasteiger partial charge in [-0.2, -0.15) is 0 Å². The molecule has 0 aliphatic rings. The summed E-state index contributed by atoms with van der Waals surface area (Å²) >= 11 is 0. The minimum absolute atomic E-state index is 0.0109. The maximum Gasteiger partial charge on any atom is 0.322 e. The molecule has 0 aliphatic carbocycles. The third-order valence-electron chi connectivity index (χ3n) is 3.54. The van der Waals surface area contributed by atoms with E-state index < -0.39 is 67.4 Å². The molecule has 30 heavy (non-hydrogen) atoms. The fourth-order valence-electron chi connectivity index (χ4n) is 2.08. The number of carbonyl (C=O) groups excluding carboxylic acids is 3. The first kappa shape index (κ1) is 26.5. The van der Waals surface area contributed by atoms with E-state index in [0.29, 0.717) is 0 Å². The van der Waals surface area contributed by atoms with E-state index in [2.05, 4.69) is 15.6 Å². The number of aliphatic hydroxyl groups is 1. The minimum atomic E-state index is -1.48. The molecule has 12 N–H and O–H groups in total. The molecule has 0 heterocycles. The lowest BCUT2D eigenvalue weighted by Gasteiger charge is -2.23. The zero-order valence-electron chi connectivity index (χ0n) is 16.0. The van der Waals surface area contributed by atoms with Crippen LogP contribution in [0.4, 0.5) is 0 Å². The maximum absolute atomic E-state index is 12.5. The van der Waals surface area contributed by atoms with Crippen molar-refractivity contribution in [2.24, 2.45) is 22.2 Å². The number of aliphatic carboxylic acids is 2. The Labute approximate surface area is 171 Å². The largest absolute Gasteiger partial charge is 0.481 e. The molecule has 0 aliphatic heterocycles. The normalized spacial score (nSPS) is 13.3. The van der Waals surface area contributed by atoms with Gasteiger partial charge < -0.3 is 48.5 Å². The highest BCUT2D eigenvalue weighted by Crippen LogP contribution is 2.02. The summed E-state index contributed by atoms with van der Waals surface area (Å²) in [6, 6.07) is -4.17. The lowest BCUT2D eigenvalue weighted by molar-refractivity contribution is -0.140. The van der Waals surface area contributed by atoms with Gasteiger partial charge in [0.05, 0.1) is 19.1 Å². The molecule has 0 saturated heterocycles. The van der Waals surface area contributed by atoms with Gasteiger partial charge in [-0.25, -0.2) is 0 Å². The molecule has 15 nitrogen and oxygen atoms in total. The number of amides is 3.